The number of amides is 6. The lowest BCUT2D eigenvalue weighted by Gasteiger charge is -2.29. The molecule has 3 heterocycles. The molecule has 0 spiro atoms. The molecule has 6 atom stereocenters. The lowest BCUT2D eigenvalue weighted by Crippen LogP contribution is -2.59. The van der Waals surface area contributed by atoms with Gasteiger partial charge in [0.15, 0.2) is 0 Å². The van der Waals surface area contributed by atoms with E-state index in [0.717, 1.165) is 5.56 Å². The highest BCUT2D eigenvalue weighted by Crippen LogP contribution is 2.20. The van der Waals surface area contributed by atoms with Crippen LogP contribution in [-0.2, 0) is 30.4 Å². The number of aliphatic hydroxyl groups is 1. The molecule has 2 aliphatic rings. The summed E-state index contributed by atoms with van der Waals surface area (Å²) in [5, 5.41) is 24.1. The van der Waals surface area contributed by atoms with Crippen molar-refractivity contribution in [2.24, 2.45) is 5.92 Å². The molecule has 2 saturated heterocycles. The number of aromatic nitrogens is 1. The first-order valence-corrected chi connectivity index (χ1v) is 16.3. The van der Waals surface area contributed by atoms with Crippen LogP contribution in [0.3, 0.4) is 0 Å². The van der Waals surface area contributed by atoms with Crippen molar-refractivity contribution in [2.45, 2.75) is 89.2 Å². The van der Waals surface area contributed by atoms with Gasteiger partial charge in [-0.2, -0.15) is 0 Å². The van der Waals surface area contributed by atoms with Gasteiger partial charge in [0.25, 0.3) is 5.91 Å². The predicted molar refractivity (Wildman–Crippen MR) is 175 cm³/mol. The fourth-order valence-corrected chi connectivity index (χ4v) is 5.89. The second kappa shape index (κ2) is 16.8. The van der Waals surface area contributed by atoms with E-state index in [1.807, 2.05) is 32.0 Å². The van der Waals surface area contributed by atoms with E-state index in [2.05, 4.69) is 31.6 Å². The largest absolute Gasteiger partial charge is 0.391 e. The minimum atomic E-state index is -1.12. The van der Waals surface area contributed by atoms with Gasteiger partial charge in [-0.25, -0.2) is 0 Å². The zero-order valence-electron chi connectivity index (χ0n) is 27.5. The first-order chi connectivity index (χ1) is 22.9. The van der Waals surface area contributed by atoms with Gasteiger partial charge in [0.05, 0.1) is 6.10 Å². The minimum Gasteiger partial charge on any atom is -0.391 e. The lowest BCUT2D eigenvalue weighted by atomic mass is 10.00. The summed E-state index contributed by atoms with van der Waals surface area (Å²) in [6, 6.07) is 6.80. The number of carbonyl (C=O) groups is 6. The third-order valence-electron chi connectivity index (χ3n) is 8.38. The molecule has 14 heteroatoms. The van der Waals surface area contributed by atoms with Crippen molar-refractivity contribution in [2.75, 3.05) is 13.1 Å². The van der Waals surface area contributed by atoms with Crippen LogP contribution in [0.15, 0.2) is 54.9 Å². The molecule has 48 heavy (non-hydrogen) atoms. The Morgan fingerprint density at radius 2 is 1.60 bits per heavy atom. The topological polar surface area (TPSA) is 199 Å². The van der Waals surface area contributed by atoms with Crippen LogP contribution in [0.4, 0.5) is 0 Å². The molecule has 1 aromatic carbocycles. The first-order valence-electron chi connectivity index (χ1n) is 16.3. The summed E-state index contributed by atoms with van der Waals surface area (Å²) in [4.78, 5) is 86.1. The highest BCUT2D eigenvalue weighted by atomic mass is 16.3. The number of nitrogens with zero attached hydrogens (tertiary/aromatic N) is 2. The van der Waals surface area contributed by atoms with Crippen LogP contribution in [0.25, 0.3) is 0 Å². The van der Waals surface area contributed by atoms with Gasteiger partial charge in [0.2, 0.25) is 29.5 Å². The molecule has 1 aromatic heterocycles. The normalized spacial score (nSPS) is 26.4. The van der Waals surface area contributed by atoms with Crippen molar-refractivity contribution < 1.29 is 33.9 Å². The van der Waals surface area contributed by atoms with Crippen molar-refractivity contribution in [3.63, 3.8) is 0 Å². The summed E-state index contributed by atoms with van der Waals surface area (Å²) in [6.45, 7) is 5.29. The summed E-state index contributed by atoms with van der Waals surface area (Å²) in [5.74, 6) is -3.39. The Labute approximate surface area is 279 Å². The average Bonchev–Trinajstić information content (AvgIpc) is 3.46. The van der Waals surface area contributed by atoms with Gasteiger partial charge >= 0.3 is 0 Å². The molecule has 2 aromatic rings. The van der Waals surface area contributed by atoms with E-state index in [4.69, 9.17) is 0 Å². The molecule has 6 amide bonds. The molecular formula is C34H45N7O7. The molecule has 0 bridgehead atoms. The van der Waals surface area contributed by atoms with Crippen LogP contribution in [-0.4, -0.2) is 99.8 Å². The number of fused-ring (bicyclic) bond motifs is 1. The number of hydrogen-bond acceptors (Lipinski definition) is 8. The minimum absolute atomic E-state index is 0.0262. The maximum Gasteiger partial charge on any atom is 0.252 e. The van der Waals surface area contributed by atoms with E-state index < -0.39 is 71.8 Å². The Hall–Kier alpha value is -4.85. The van der Waals surface area contributed by atoms with Crippen LogP contribution in [0, 0.1) is 5.92 Å². The molecule has 0 radical (unpaired) electrons. The van der Waals surface area contributed by atoms with Crippen LogP contribution in [0.1, 0.15) is 62.4 Å². The average molecular weight is 664 g/mol. The third kappa shape index (κ3) is 9.83. The SMILES string of the molecule is CC(C)C[C@@H]1NC(=O)[C@@H](Cc2ccccc2)NC(=O)[C@@H](NC(=O)c2ccncc2)CCCNC(=O)[C@@H]2C[C@@H](O)CN2C(=O)[C@H](C)NC1=O. The van der Waals surface area contributed by atoms with E-state index in [1.165, 1.54) is 36.4 Å². The Morgan fingerprint density at radius 3 is 2.29 bits per heavy atom. The molecule has 258 valence electrons. The van der Waals surface area contributed by atoms with Crippen molar-refractivity contribution >= 4 is 35.4 Å². The molecule has 0 saturated carbocycles. The van der Waals surface area contributed by atoms with Gasteiger partial charge in [-0.15, -0.1) is 0 Å². The number of hydrogen-bond donors (Lipinski definition) is 6. The van der Waals surface area contributed by atoms with Gasteiger partial charge in [0.1, 0.15) is 30.2 Å². The number of carbonyl (C=O) groups excluding carboxylic acids is 6. The Kier molecular flexibility index (Phi) is 12.6. The van der Waals surface area contributed by atoms with Gasteiger partial charge in [-0.05, 0) is 49.8 Å². The zero-order chi connectivity index (χ0) is 34.8. The highest BCUT2D eigenvalue weighted by molar-refractivity contribution is 5.99. The Balaban J connectivity index is 1.66. The second-order valence-electron chi connectivity index (χ2n) is 12.8. The fraction of sp³-hybridized carbons (Fsp3) is 0.500. The molecular weight excluding hydrogens is 618 g/mol. The number of rotatable bonds is 6. The predicted octanol–water partition coefficient (Wildman–Crippen LogP) is -0.185. The number of aliphatic hydroxyl groups excluding tert-OH is 1. The van der Waals surface area contributed by atoms with Crippen LogP contribution >= 0.6 is 0 Å². The standard InChI is InChI=1S/C34H45N7O7/c1-20(2)16-26-31(45)37-21(3)34(48)41-19-24(42)18-28(41)33(47)36-13-7-10-25(38-29(43)23-11-14-35-15-12-23)30(44)40-27(32(46)39-26)17-22-8-5-4-6-9-22/h4-6,8-9,11-12,14-15,20-21,24-28,42H,7,10,13,16-19H2,1-3H3,(H,36,47)(H,37,45)(H,38,43)(H,39,46)(H,40,44)/t21-,24+,25-,26-,27+,28-/m0/s1. The molecule has 4 rings (SSSR count). The van der Waals surface area contributed by atoms with Crippen molar-refractivity contribution in [1.82, 2.24) is 36.5 Å². The molecule has 0 unspecified atom stereocenters. The first kappa shape index (κ1) is 36.0. The third-order valence-corrected chi connectivity index (χ3v) is 8.38. The number of benzene rings is 1. The van der Waals surface area contributed by atoms with Crippen LogP contribution < -0.4 is 26.6 Å². The molecule has 2 fully saturated rings. The van der Waals surface area contributed by atoms with Gasteiger partial charge in [-0.3, -0.25) is 33.8 Å². The van der Waals surface area contributed by atoms with E-state index in [1.54, 1.807) is 12.1 Å². The molecule has 2 aliphatic heterocycles. The van der Waals surface area contributed by atoms with Gasteiger partial charge < -0.3 is 36.6 Å². The zero-order valence-corrected chi connectivity index (χ0v) is 27.5. The molecule has 0 aliphatic carbocycles. The maximum absolute atomic E-state index is 13.9. The number of pyridine rings is 1. The van der Waals surface area contributed by atoms with E-state index in [-0.39, 0.29) is 56.7 Å². The smallest absolute Gasteiger partial charge is 0.252 e. The van der Waals surface area contributed by atoms with Crippen molar-refractivity contribution in [1.29, 1.82) is 0 Å². The second-order valence-corrected chi connectivity index (χ2v) is 12.8. The summed E-state index contributed by atoms with van der Waals surface area (Å²) < 4.78 is 0. The Morgan fingerprint density at radius 1 is 0.938 bits per heavy atom. The summed E-state index contributed by atoms with van der Waals surface area (Å²) in [5.41, 5.74) is 1.04. The quantitative estimate of drug-likeness (QED) is 0.244. The fourth-order valence-electron chi connectivity index (χ4n) is 5.89. The van der Waals surface area contributed by atoms with Gasteiger partial charge in [-0.1, -0.05) is 44.2 Å². The van der Waals surface area contributed by atoms with Gasteiger partial charge in [0, 0.05) is 43.9 Å². The Bertz CT molecular complexity index is 1460. The molecule has 6 N–H and O–H groups in total. The maximum atomic E-state index is 13.9. The van der Waals surface area contributed by atoms with Crippen LogP contribution in [0.2, 0.25) is 0 Å². The van der Waals surface area contributed by atoms with E-state index in [0.29, 0.717) is 0 Å². The van der Waals surface area contributed by atoms with E-state index >= 15 is 0 Å². The summed E-state index contributed by atoms with van der Waals surface area (Å²) >= 11 is 0. The van der Waals surface area contributed by atoms with Crippen LogP contribution in [0.5, 0.6) is 0 Å². The van der Waals surface area contributed by atoms with Crippen molar-refractivity contribution in [3.8, 4) is 0 Å². The van der Waals surface area contributed by atoms with E-state index in [9.17, 15) is 33.9 Å². The lowest BCUT2D eigenvalue weighted by molar-refractivity contribution is -0.141. The monoisotopic (exact) mass is 663 g/mol. The van der Waals surface area contributed by atoms with Crippen molar-refractivity contribution in [3.05, 3.63) is 66.0 Å². The molecule has 14 nitrogen and oxygen atoms in total. The highest BCUT2D eigenvalue weighted by Gasteiger charge is 2.41. The number of nitrogens with one attached hydrogen (secondary N) is 5. The summed E-state index contributed by atoms with van der Waals surface area (Å²) in [7, 11) is 0. The summed E-state index contributed by atoms with van der Waals surface area (Å²) in [6.07, 6.45) is 2.72.